The lowest BCUT2D eigenvalue weighted by Crippen LogP contribution is -2.00. The SMILES string of the molecule is CC(=O)c1cc(Br)ccc1NC=C(C#N)c1nn[nH]n1. The number of nitriles is 1. The van der Waals surface area contributed by atoms with Crippen LogP contribution in [0.1, 0.15) is 23.1 Å². The summed E-state index contributed by atoms with van der Waals surface area (Å²) in [6.07, 6.45) is 1.43. The van der Waals surface area contributed by atoms with Gasteiger partial charge in [-0.05, 0) is 30.3 Å². The van der Waals surface area contributed by atoms with Gasteiger partial charge in [0.15, 0.2) is 5.78 Å². The van der Waals surface area contributed by atoms with Crippen molar-refractivity contribution in [2.45, 2.75) is 6.92 Å². The number of halogens is 1. The summed E-state index contributed by atoms with van der Waals surface area (Å²) < 4.78 is 0.802. The number of tetrazole rings is 1. The summed E-state index contributed by atoms with van der Waals surface area (Å²) >= 11 is 3.31. The van der Waals surface area contributed by atoms with E-state index in [0.717, 1.165) is 4.47 Å². The van der Waals surface area contributed by atoms with Gasteiger partial charge in [0.1, 0.15) is 11.6 Å². The number of allylic oxidation sites excluding steroid dienone is 1. The molecule has 0 saturated heterocycles. The van der Waals surface area contributed by atoms with Crippen molar-refractivity contribution in [3.63, 3.8) is 0 Å². The minimum absolute atomic E-state index is 0.0831. The van der Waals surface area contributed by atoms with Gasteiger partial charge in [-0.15, -0.1) is 10.2 Å². The Morgan fingerprint density at radius 2 is 2.35 bits per heavy atom. The molecule has 1 aromatic heterocycles. The van der Waals surface area contributed by atoms with Crippen LogP contribution >= 0.6 is 15.9 Å². The number of Topliss-reactive ketones (excluding diaryl/α,β-unsaturated/α-hetero) is 1. The number of carbonyl (C=O) groups is 1. The fourth-order valence-electron chi connectivity index (χ4n) is 1.51. The van der Waals surface area contributed by atoms with Gasteiger partial charge in [-0.25, -0.2) is 0 Å². The summed E-state index contributed by atoms with van der Waals surface area (Å²) in [7, 11) is 0. The third kappa shape index (κ3) is 3.07. The summed E-state index contributed by atoms with van der Waals surface area (Å²) in [6.45, 7) is 1.47. The number of ketones is 1. The van der Waals surface area contributed by atoms with E-state index in [-0.39, 0.29) is 17.2 Å². The van der Waals surface area contributed by atoms with E-state index in [4.69, 9.17) is 5.26 Å². The van der Waals surface area contributed by atoms with Crippen LogP contribution in [0.3, 0.4) is 0 Å². The number of nitrogens with one attached hydrogen (secondary N) is 2. The lowest BCUT2D eigenvalue weighted by atomic mass is 10.1. The summed E-state index contributed by atoms with van der Waals surface area (Å²) in [5, 5.41) is 25.1. The molecule has 1 aromatic carbocycles. The van der Waals surface area contributed by atoms with Crippen molar-refractivity contribution in [3.05, 3.63) is 40.3 Å². The Labute approximate surface area is 122 Å². The summed E-state index contributed by atoms with van der Waals surface area (Å²) in [4.78, 5) is 11.6. The molecular formula is C12H9BrN6O. The second-order valence-electron chi connectivity index (χ2n) is 3.80. The van der Waals surface area contributed by atoms with Gasteiger partial charge in [0.2, 0.25) is 5.82 Å². The Kier molecular flexibility index (Phi) is 4.22. The van der Waals surface area contributed by atoms with E-state index in [9.17, 15) is 4.79 Å². The van der Waals surface area contributed by atoms with E-state index < -0.39 is 0 Å². The molecule has 1 heterocycles. The zero-order valence-electron chi connectivity index (χ0n) is 10.4. The van der Waals surface area contributed by atoms with Gasteiger partial charge in [-0.1, -0.05) is 15.9 Å². The van der Waals surface area contributed by atoms with Gasteiger partial charge >= 0.3 is 0 Å². The quantitative estimate of drug-likeness (QED) is 0.656. The molecule has 0 aliphatic heterocycles. The Balaban J connectivity index is 2.31. The van der Waals surface area contributed by atoms with Crippen LogP contribution in [0.2, 0.25) is 0 Å². The molecule has 0 spiro atoms. The molecular weight excluding hydrogens is 324 g/mol. The number of carbonyl (C=O) groups excluding carboxylic acids is 1. The van der Waals surface area contributed by atoms with Crippen LogP contribution in [0.4, 0.5) is 5.69 Å². The van der Waals surface area contributed by atoms with Crippen LogP contribution in [0.5, 0.6) is 0 Å². The summed E-state index contributed by atoms with van der Waals surface area (Å²) in [5.74, 6) is 0.0988. The van der Waals surface area contributed by atoms with Crippen LogP contribution in [-0.4, -0.2) is 26.4 Å². The van der Waals surface area contributed by atoms with E-state index >= 15 is 0 Å². The lowest BCUT2D eigenvalue weighted by molar-refractivity contribution is 0.101. The first-order chi connectivity index (χ1) is 9.61. The summed E-state index contributed by atoms with van der Waals surface area (Å²) in [5.41, 5.74) is 1.31. The first-order valence-corrected chi connectivity index (χ1v) is 6.32. The van der Waals surface area contributed by atoms with E-state index in [2.05, 4.69) is 41.9 Å². The molecule has 0 radical (unpaired) electrons. The number of aromatic amines is 1. The third-order valence-corrected chi connectivity index (χ3v) is 2.93. The zero-order chi connectivity index (χ0) is 14.5. The zero-order valence-corrected chi connectivity index (χ0v) is 12.0. The van der Waals surface area contributed by atoms with Crippen molar-refractivity contribution in [1.29, 1.82) is 5.26 Å². The highest BCUT2D eigenvalue weighted by Gasteiger charge is 2.09. The van der Waals surface area contributed by atoms with Crippen molar-refractivity contribution in [1.82, 2.24) is 20.6 Å². The highest BCUT2D eigenvalue weighted by atomic mass is 79.9. The van der Waals surface area contributed by atoms with Gasteiger partial charge in [-0.2, -0.15) is 10.5 Å². The highest BCUT2D eigenvalue weighted by Crippen LogP contribution is 2.22. The average molecular weight is 333 g/mol. The highest BCUT2D eigenvalue weighted by molar-refractivity contribution is 9.10. The number of benzene rings is 1. The standard InChI is InChI=1S/C12H9BrN6O/c1-7(20)10-4-9(13)2-3-11(10)15-6-8(5-14)12-16-18-19-17-12/h2-4,6,15H,1H3,(H,16,17,18,19). The Hall–Kier alpha value is -2.53. The molecule has 0 atom stereocenters. The molecule has 7 nitrogen and oxygen atoms in total. The lowest BCUT2D eigenvalue weighted by Gasteiger charge is -2.07. The van der Waals surface area contributed by atoms with Gasteiger partial charge in [0, 0.05) is 21.9 Å². The van der Waals surface area contributed by atoms with Crippen molar-refractivity contribution >= 4 is 33.0 Å². The molecule has 8 heteroatoms. The smallest absolute Gasteiger partial charge is 0.216 e. The van der Waals surface area contributed by atoms with E-state index in [1.54, 1.807) is 18.2 Å². The molecule has 20 heavy (non-hydrogen) atoms. The minimum Gasteiger partial charge on any atom is -0.360 e. The number of H-pyrrole nitrogens is 1. The second-order valence-corrected chi connectivity index (χ2v) is 4.71. The number of nitrogens with zero attached hydrogens (tertiary/aromatic N) is 4. The third-order valence-electron chi connectivity index (χ3n) is 2.44. The van der Waals surface area contributed by atoms with Crippen LogP contribution in [0, 0.1) is 11.3 Å². The van der Waals surface area contributed by atoms with Gasteiger partial charge in [0.25, 0.3) is 0 Å². The maximum absolute atomic E-state index is 11.6. The van der Waals surface area contributed by atoms with Crippen molar-refractivity contribution in [2.75, 3.05) is 5.32 Å². The molecule has 0 fully saturated rings. The fourth-order valence-corrected chi connectivity index (χ4v) is 1.87. The fraction of sp³-hybridized carbons (Fsp3) is 0.0833. The molecule has 0 aliphatic carbocycles. The van der Waals surface area contributed by atoms with E-state index in [1.807, 2.05) is 6.07 Å². The molecule has 0 bridgehead atoms. The molecule has 0 aliphatic rings. The van der Waals surface area contributed by atoms with E-state index in [0.29, 0.717) is 11.3 Å². The maximum Gasteiger partial charge on any atom is 0.216 e. The molecule has 0 amide bonds. The molecule has 2 N–H and O–H groups in total. The minimum atomic E-state index is -0.0831. The maximum atomic E-state index is 11.6. The first-order valence-electron chi connectivity index (χ1n) is 5.53. The van der Waals surface area contributed by atoms with Crippen LogP contribution in [0.15, 0.2) is 28.9 Å². The van der Waals surface area contributed by atoms with Crippen LogP contribution < -0.4 is 5.32 Å². The number of hydrogen-bond acceptors (Lipinski definition) is 6. The molecule has 2 rings (SSSR count). The average Bonchev–Trinajstić information content (AvgIpc) is 2.94. The second kappa shape index (κ2) is 6.08. The number of aromatic nitrogens is 4. The molecule has 100 valence electrons. The van der Waals surface area contributed by atoms with Gasteiger partial charge in [0.05, 0.1) is 0 Å². The van der Waals surface area contributed by atoms with Crippen molar-refractivity contribution in [2.24, 2.45) is 0 Å². The predicted molar refractivity (Wildman–Crippen MR) is 75.5 cm³/mol. The predicted octanol–water partition coefficient (Wildman–Crippen LogP) is 2.14. The normalized spacial score (nSPS) is 10.9. The number of hydrogen-bond donors (Lipinski definition) is 2. The molecule has 2 aromatic rings. The summed E-state index contributed by atoms with van der Waals surface area (Å²) in [6, 6.07) is 7.19. The molecule has 0 unspecified atom stereocenters. The molecule has 0 saturated carbocycles. The first kappa shape index (κ1) is 13.9. The number of rotatable bonds is 4. The van der Waals surface area contributed by atoms with Crippen LogP contribution in [-0.2, 0) is 0 Å². The topological polar surface area (TPSA) is 107 Å². The van der Waals surface area contributed by atoms with Crippen molar-refractivity contribution < 1.29 is 4.79 Å². The Morgan fingerprint density at radius 3 is 2.95 bits per heavy atom. The van der Waals surface area contributed by atoms with E-state index in [1.165, 1.54) is 13.1 Å². The van der Waals surface area contributed by atoms with Crippen molar-refractivity contribution in [3.8, 4) is 6.07 Å². The monoisotopic (exact) mass is 332 g/mol. The van der Waals surface area contributed by atoms with Crippen LogP contribution in [0.25, 0.3) is 5.57 Å². The Bertz CT molecular complexity index is 701. The number of anilines is 1. The van der Waals surface area contributed by atoms with Gasteiger partial charge < -0.3 is 5.32 Å². The van der Waals surface area contributed by atoms with Gasteiger partial charge in [-0.3, -0.25) is 4.79 Å². The largest absolute Gasteiger partial charge is 0.360 e. The Morgan fingerprint density at radius 1 is 1.55 bits per heavy atom.